The molecule has 5 nitrogen and oxygen atoms in total. The van der Waals surface area contributed by atoms with Crippen molar-refractivity contribution >= 4 is 32.4 Å². The molecule has 0 radical (unpaired) electrons. The molecule has 0 amide bonds. The monoisotopic (exact) mass is 336 g/mol. The van der Waals surface area contributed by atoms with Crippen molar-refractivity contribution in [3.8, 4) is 5.75 Å². The standard InChI is InChI=1S/C15H9ClO5S/c16-9-5-7-10(8-6-9)22(19,20)14-13(17)11-3-1-2-4-12(11)21-15(14)18/h1-8,17H. The second-order valence-electron chi connectivity index (χ2n) is 4.52. The van der Waals surface area contributed by atoms with Gasteiger partial charge in [-0.1, -0.05) is 23.7 Å². The SMILES string of the molecule is O=c1oc2ccccc2c(O)c1S(=O)(=O)c1ccc(Cl)cc1. The summed E-state index contributed by atoms with van der Waals surface area (Å²) in [4.78, 5) is 11.1. The van der Waals surface area contributed by atoms with Gasteiger partial charge in [0.05, 0.1) is 10.3 Å². The highest BCUT2D eigenvalue weighted by atomic mass is 35.5. The molecule has 0 saturated carbocycles. The first-order chi connectivity index (χ1) is 10.4. The Labute approximate surface area is 130 Å². The van der Waals surface area contributed by atoms with Crippen molar-refractivity contribution in [3.63, 3.8) is 0 Å². The first-order valence-electron chi connectivity index (χ1n) is 6.17. The molecule has 0 spiro atoms. The minimum absolute atomic E-state index is 0.111. The van der Waals surface area contributed by atoms with Gasteiger partial charge in [-0.15, -0.1) is 0 Å². The molecule has 0 saturated heterocycles. The number of para-hydroxylation sites is 1. The second kappa shape index (κ2) is 5.15. The van der Waals surface area contributed by atoms with Gasteiger partial charge in [-0.25, -0.2) is 13.2 Å². The van der Waals surface area contributed by atoms with Crippen LogP contribution in [0.3, 0.4) is 0 Å². The van der Waals surface area contributed by atoms with Crippen molar-refractivity contribution in [3.05, 3.63) is 64.0 Å². The van der Waals surface area contributed by atoms with Crippen LogP contribution < -0.4 is 5.63 Å². The largest absolute Gasteiger partial charge is 0.506 e. The van der Waals surface area contributed by atoms with Gasteiger partial charge in [0.2, 0.25) is 9.84 Å². The van der Waals surface area contributed by atoms with E-state index in [-0.39, 0.29) is 15.9 Å². The molecule has 0 fully saturated rings. The highest BCUT2D eigenvalue weighted by Crippen LogP contribution is 2.32. The highest BCUT2D eigenvalue weighted by Gasteiger charge is 2.28. The van der Waals surface area contributed by atoms with Crippen LogP contribution in [0.4, 0.5) is 0 Å². The fraction of sp³-hybridized carbons (Fsp3) is 0. The average molecular weight is 337 g/mol. The Kier molecular flexibility index (Phi) is 3.42. The third-order valence-corrected chi connectivity index (χ3v) is 5.18. The molecule has 22 heavy (non-hydrogen) atoms. The Morgan fingerprint density at radius 2 is 1.64 bits per heavy atom. The molecule has 0 aliphatic heterocycles. The van der Waals surface area contributed by atoms with Crippen molar-refractivity contribution in [1.82, 2.24) is 0 Å². The summed E-state index contributed by atoms with van der Waals surface area (Å²) < 4.78 is 30.1. The summed E-state index contributed by atoms with van der Waals surface area (Å²) in [5.74, 6) is -0.623. The predicted octanol–water partition coefficient (Wildman–Crippen LogP) is 2.98. The maximum Gasteiger partial charge on any atom is 0.359 e. The van der Waals surface area contributed by atoms with Gasteiger partial charge in [-0.05, 0) is 36.4 Å². The quantitative estimate of drug-likeness (QED) is 0.727. The Morgan fingerprint density at radius 1 is 1.00 bits per heavy atom. The van der Waals surface area contributed by atoms with E-state index in [1.54, 1.807) is 12.1 Å². The molecular formula is C15H9ClO5S. The van der Waals surface area contributed by atoms with Gasteiger partial charge < -0.3 is 9.52 Å². The van der Waals surface area contributed by atoms with Crippen LogP contribution in [0.15, 0.2) is 67.5 Å². The van der Waals surface area contributed by atoms with Crippen molar-refractivity contribution in [1.29, 1.82) is 0 Å². The highest BCUT2D eigenvalue weighted by molar-refractivity contribution is 7.91. The summed E-state index contributed by atoms with van der Waals surface area (Å²) in [5, 5.41) is 10.7. The normalized spacial score (nSPS) is 11.7. The lowest BCUT2D eigenvalue weighted by Crippen LogP contribution is -2.14. The van der Waals surface area contributed by atoms with Crippen LogP contribution in [0.25, 0.3) is 11.0 Å². The van der Waals surface area contributed by atoms with Gasteiger partial charge in [-0.3, -0.25) is 0 Å². The summed E-state index contributed by atoms with van der Waals surface area (Å²) >= 11 is 5.72. The Balaban J connectivity index is 2.34. The molecule has 0 aliphatic rings. The van der Waals surface area contributed by atoms with E-state index in [0.717, 1.165) is 0 Å². The zero-order valence-corrected chi connectivity index (χ0v) is 12.6. The molecule has 3 aromatic rings. The van der Waals surface area contributed by atoms with E-state index in [0.29, 0.717) is 5.02 Å². The van der Waals surface area contributed by atoms with E-state index in [1.807, 2.05) is 0 Å². The van der Waals surface area contributed by atoms with Crippen LogP contribution in [0.5, 0.6) is 5.75 Å². The average Bonchev–Trinajstić information content (AvgIpc) is 2.47. The fourth-order valence-electron chi connectivity index (χ4n) is 2.09. The van der Waals surface area contributed by atoms with Crippen LogP contribution in [0, 0.1) is 0 Å². The lowest BCUT2D eigenvalue weighted by Gasteiger charge is -2.07. The van der Waals surface area contributed by atoms with Gasteiger partial charge in [0.25, 0.3) is 0 Å². The maximum atomic E-state index is 12.6. The van der Waals surface area contributed by atoms with Gasteiger partial charge >= 0.3 is 5.63 Å². The molecule has 3 rings (SSSR count). The summed E-state index contributed by atoms with van der Waals surface area (Å²) in [5.41, 5.74) is -1.01. The van der Waals surface area contributed by atoms with Crippen LogP contribution in [0.2, 0.25) is 5.02 Å². The minimum atomic E-state index is -4.22. The molecule has 0 aliphatic carbocycles. The van der Waals surface area contributed by atoms with Gasteiger partial charge in [0.1, 0.15) is 5.58 Å². The van der Waals surface area contributed by atoms with Crippen molar-refractivity contribution < 1.29 is 17.9 Å². The van der Waals surface area contributed by atoms with Gasteiger partial charge in [-0.2, -0.15) is 0 Å². The molecule has 112 valence electrons. The lowest BCUT2D eigenvalue weighted by molar-refractivity contribution is 0.442. The van der Waals surface area contributed by atoms with Crippen LogP contribution >= 0.6 is 11.6 Å². The molecule has 1 aromatic heterocycles. The number of halogens is 1. The van der Waals surface area contributed by atoms with Gasteiger partial charge in [0.15, 0.2) is 10.6 Å². The molecule has 1 heterocycles. The minimum Gasteiger partial charge on any atom is -0.506 e. The summed E-state index contributed by atoms with van der Waals surface area (Å²) in [6.45, 7) is 0. The van der Waals surface area contributed by atoms with E-state index in [2.05, 4.69) is 0 Å². The third kappa shape index (κ3) is 2.26. The number of rotatable bonds is 2. The molecule has 0 unspecified atom stereocenters. The molecule has 0 bridgehead atoms. The smallest absolute Gasteiger partial charge is 0.359 e. The van der Waals surface area contributed by atoms with E-state index in [9.17, 15) is 18.3 Å². The Bertz CT molecular complexity index is 1020. The topological polar surface area (TPSA) is 84.6 Å². The summed E-state index contributed by atoms with van der Waals surface area (Å²) in [6, 6.07) is 11.4. The van der Waals surface area contributed by atoms with Crippen LogP contribution in [-0.4, -0.2) is 13.5 Å². The van der Waals surface area contributed by atoms with Gasteiger partial charge in [0, 0.05) is 5.02 Å². The first kappa shape index (κ1) is 14.6. The zero-order chi connectivity index (χ0) is 15.9. The van der Waals surface area contributed by atoms with Crippen molar-refractivity contribution in [2.45, 2.75) is 9.79 Å². The number of hydrogen-bond acceptors (Lipinski definition) is 5. The van der Waals surface area contributed by atoms with Crippen molar-refractivity contribution in [2.24, 2.45) is 0 Å². The number of sulfone groups is 1. The molecule has 2 aromatic carbocycles. The summed E-state index contributed by atoms with van der Waals surface area (Å²) in [7, 11) is -4.22. The summed E-state index contributed by atoms with van der Waals surface area (Å²) in [6.07, 6.45) is 0. The molecular weight excluding hydrogens is 328 g/mol. The van der Waals surface area contributed by atoms with E-state index in [4.69, 9.17) is 16.0 Å². The molecule has 7 heteroatoms. The third-order valence-electron chi connectivity index (χ3n) is 3.14. The number of benzene rings is 2. The lowest BCUT2D eigenvalue weighted by atomic mass is 10.2. The Hall–Kier alpha value is -2.31. The number of hydrogen-bond donors (Lipinski definition) is 1. The maximum absolute atomic E-state index is 12.6. The molecule has 1 N–H and O–H groups in total. The number of fused-ring (bicyclic) bond motifs is 1. The zero-order valence-electron chi connectivity index (χ0n) is 11.0. The number of aromatic hydroxyl groups is 1. The van der Waals surface area contributed by atoms with Crippen LogP contribution in [0.1, 0.15) is 0 Å². The second-order valence-corrected chi connectivity index (χ2v) is 6.84. The Morgan fingerprint density at radius 3 is 2.32 bits per heavy atom. The first-order valence-corrected chi connectivity index (χ1v) is 8.03. The predicted molar refractivity (Wildman–Crippen MR) is 81.1 cm³/mol. The fourth-order valence-corrected chi connectivity index (χ4v) is 3.57. The van der Waals surface area contributed by atoms with Crippen molar-refractivity contribution in [2.75, 3.05) is 0 Å². The van der Waals surface area contributed by atoms with E-state index < -0.39 is 26.1 Å². The van der Waals surface area contributed by atoms with Crippen LogP contribution in [-0.2, 0) is 9.84 Å². The van der Waals surface area contributed by atoms with E-state index in [1.165, 1.54) is 36.4 Å². The molecule has 0 atom stereocenters. The van der Waals surface area contributed by atoms with E-state index >= 15 is 0 Å².